The summed E-state index contributed by atoms with van der Waals surface area (Å²) < 4.78 is 5.58. The molecule has 2 aromatic heterocycles. The van der Waals surface area contributed by atoms with E-state index < -0.39 is 0 Å². The average Bonchev–Trinajstić information content (AvgIpc) is 2.84. The number of nitrogens with one attached hydrogen (secondary N) is 1. The largest absolute Gasteiger partial charge is 0.378 e. The van der Waals surface area contributed by atoms with Gasteiger partial charge in [0.15, 0.2) is 5.82 Å². The normalized spacial score (nSPS) is 16.1. The number of nitrogens with zero attached hydrogens (tertiary/aromatic N) is 6. The molecule has 0 aliphatic carbocycles. The lowest BCUT2D eigenvalue weighted by molar-refractivity contribution is 0.122. The first-order valence-corrected chi connectivity index (χ1v) is 10.9. The number of benzene rings is 1. The van der Waals surface area contributed by atoms with E-state index in [0.29, 0.717) is 6.54 Å². The molecule has 0 bridgehead atoms. The zero-order chi connectivity index (χ0) is 21.9. The molecule has 9 nitrogen and oxygen atoms in total. The van der Waals surface area contributed by atoms with Crippen LogP contribution in [0.15, 0.2) is 36.7 Å². The van der Waals surface area contributed by atoms with Crippen molar-refractivity contribution in [3.63, 3.8) is 0 Å². The van der Waals surface area contributed by atoms with E-state index in [4.69, 9.17) is 19.5 Å². The Hall–Kier alpha value is -3.30. The Kier molecular flexibility index (Phi) is 5.83. The van der Waals surface area contributed by atoms with E-state index >= 15 is 0 Å². The van der Waals surface area contributed by atoms with Crippen LogP contribution in [0, 0.1) is 6.92 Å². The number of anilines is 3. The number of hydrogen-bond donors (Lipinski definition) is 1. The third kappa shape index (κ3) is 4.21. The lowest BCUT2D eigenvalue weighted by Gasteiger charge is -2.34. The quantitative estimate of drug-likeness (QED) is 0.610. The molecule has 0 radical (unpaired) electrons. The number of ether oxygens (including phenoxy) is 1. The fraction of sp³-hybridized carbons (Fsp3) is 0.391. The molecule has 1 aromatic carbocycles. The van der Waals surface area contributed by atoms with E-state index in [0.717, 1.165) is 79.4 Å². The molecule has 166 valence electrons. The summed E-state index contributed by atoms with van der Waals surface area (Å²) in [6.45, 7) is 6.68. The van der Waals surface area contributed by atoms with E-state index in [1.165, 1.54) is 5.56 Å². The highest BCUT2D eigenvalue weighted by molar-refractivity contribution is 5.64. The topological polar surface area (TPSA) is 88.5 Å². The molecule has 0 unspecified atom stereocenters. The maximum absolute atomic E-state index is 5.58. The Morgan fingerprint density at radius 3 is 2.56 bits per heavy atom. The van der Waals surface area contributed by atoms with Crippen LogP contribution in [0.1, 0.15) is 17.0 Å². The Bertz CT molecular complexity index is 1080. The van der Waals surface area contributed by atoms with Crippen LogP contribution in [0.25, 0.3) is 11.4 Å². The molecule has 0 atom stereocenters. The molecule has 1 N–H and O–H groups in total. The molecule has 0 amide bonds. The number of aromatic nitrogens is 4. The van der Waals surface area contributed by atoms with Crippen LogP contribution in [-0.2, 0) is 22.5 Å². The van der Waals surface area contributed by atoms with Crippen molar-refractivity contribution in [2.45, 2.75) is 19.9 Å². The van der Waals surface area contributed by atoms with Gasteiger partial charge in [0, 0.05) is 42.5 Å². The van der Waals surface area contributed by atoms with E-state index in [-0.39, 0.29) is 0 Å². The second-order valence-electron chi connectivity index (χ2n) is 7.97. The van der Waals surface area contributed by atoms with Crippen molar-refractivity contribution in [3.05, 3.63) is 53.6 Å². The molecule has 3 aromatic rings. The third-order valence-electron chi connectivity index (χ3n) is 5.83. The van der Waals surface area contributed by atoms with Crippen molar-refractivity contribution in [1.82, 2.24) is 19.9 Å². The van der Waals surface area contributed by atoms with Crippen LogP contribution in [-0.4, -0.2) is 59.9 Å². The highest BCUT2D eigenvalue weighted by atomic mass is 16.6. The first-order valence-electron chi connectivity index (χ1n) is 10.9. The Balaban J connectivity index is 1.53. The van der Waals surface area contributed by atoms with Crippen LogP contribution in [0.5, 0.6) is 0 Å². The number of morpholine rings is 1. The number of hydrogen-bond acceptors (Lipinski definition) is 9. The van der Waals surface area contributed by atoms with E-state index in [1.54, 1.807) is 13.4 Å². The van der Waals surface area contributed by atoms with Gasteiger partial charge in [0.25, 0.3) is 0 Å². The molecule has 4 heterocycles. The van der Waals surface area contributed by atoms with Gasteiger partial charge in [0.1, 0.15) is 18.0 Å². The summed E-state index contributed by atoms with van der Waals surface area (Å²) in [5, 5.41) is 0. The predicted octanol–water partition coefficient (Wildman–Crippen LogP) is 2.61. The molecule has 2 aliphatic rings. The Morgan fingerprint density at radius 2 is 1.81 bits per heavy atom. The summed E-state index contributed by atoms with van der Waals surface area (Å²) in [4.78, 5) is 28.3. The van der Waals surface area contributed by atoms with Crippen molar-refractivity contribution >= 4 is 17.3 Å². The van der Waals surface area contributed by atoms with Gasteiger partial charge in [-0.25, -0.2) is 19.9 Å². The minimum atomic E-state index is 0.696. The van der Waals surface area contributed by atoms with Gasteiger partial charge in [-0.2, -0.15) is 0 Å². The predicted molar refractivity (Wildman–Crippen MR) is 123 cm³/mol. The van der Waals surface area contributed by atoms with Crippen molar-refractivity contribution in [3.8, 4) is 11.4 Å². The molecule has 5 rings (SSSR count). The molecule has 2 aliphatic heterocycles. The molecular weight excluding hydrogens is 406 g/mol. The Labute approximate surface area is 187 Å². The fourth-order valence-electron chi connectivity index (χ4n) is 4.19. The van der Waals surface area contributed by atoms with E-state index in [1.807, 2.05) is 37.3 Å². The second kappa shape index (κ2) is 9.05. The van der Waals surface area contributed by atoms with Gasteiger partial charge < -0.3 is 14.5 Å². The van der Waals surface area contributed by atoms with E-state index in [9.17, 15) is 0 Å². The van der Waals surface area contributed by atoms with Gasteiger partial charge >= 0.3 is 0 Å². The molecule has 0 saturated carbocycles. The molecule has 32 heavy (non-hydrogen) atoms. The standard InChI is InChI=1S/C23H27N7O2/c1-16-13-21(25-15-24-16)30-8-7-19-20(14-30)26-22(17-3-5-18(6-4-17)28-31-2)27-23(19)29-9-11-32-12-10-29/h3-6,13,15,28H,7-12,14H2,1-2H3. The van der Waals surface area contributed by atoms with Gasteiger partial charge in [-0.3, -0.25) is 10.3 Å². The van der Waals surface area contributed by atoms with Crippen molar-refractivity contribution in [1.29, 1.82) is 0 Å². The number of aryl methyl sites for hydroxylation is 1. The molecule has 0 spiro atoms. The molecule has 9 heteroatoms. The smallest absolute Gasteiger partial charge is 0.161 e. The van der Waals surface area contributed by atoms with Gasteiger partial charge in [0.2, 0.25) is 0 Å². The van der Waals surface area contributed by atoms with Crippen molar-refractivity contribution < 1.29 is 9.57 Å². The maximum atomic E-state index is 5.58. The first kappa shape index (κ1) is 20.6. The highest BCUT2D eigenvalue weighted by Gasteiger charge is 2.27. The van der Waals surface area contributed by atoms with Crippen molar-refractivity contribution in [2.75, 3.05) is 55.2 Å². The van der Waals surface area contributed by atoms with Gasteiger partial charge in [-0.15, -0.1) is 0 Å². The summed E-state index contributed by atoms with van der Waals surface area (Å²) in [7, 11) is 1.60. The minimum Gasteiger partial charge on any atom is -0.378 e. The Morgan fingerprint density at radius 1 is 1.00 bits per heavy atom. The van der Waals surface area contributed by atoms with Crippen LogP contribution in [0.3, 0.4) is 0 Å². The van der Waals surface area contributed by atoms with E-state index in [2.05, 4.69) is 25.2 Å². The highest BCUT2D eigenvalue weighted by Crippen LogP contribution is 2.31. The third-order valence-corrected chi connectivity index (χ3v) is 5.83. The summed E-state index contributed by atoms with van der Waals surface area (Å²) >= 11 is 0. The second-order valence-corrected chi connectivity index (χ2v) is 7.97. The zero-order valence-corrected chi connectivity index (χ0v) is 18.4. The summed E-state index contributed by atoms with van der Waals surface area (Å²) in [6.07, 6.45) is 2.50. The molecule has 1 saturated heterocycles. The minimum absolute atomic E-state index is 0.696. The lowest BCUT2D eigenvalue weighted by atomic mass is 10.0. The van der Waals surface area contributed by atoms with Crippen molar-refractivity contribution in [2.24, 2.45) is 0 Å². The lowest BCUT2D eigenvalue weighted by Crippen LogP contribution is -2.39. The number of fused-ring (bicyclic) bond motifs is 1. The monoisotopic (exact) mass is 433 g/mol. The summed E-state index contributed by atoms with van der Waals surface area (Å²) in [6, 6.07) is 9.98. The van der Waals surface area contributed by atoms with Crippen LogP contribution in [0.2, 0.25) is 0 Å². The SMILES string of the molecule is CONc1ccc(-c2nc3c(c(N4CCOCC4)n2)CCN(c2cc(C)ncn2)C3)cc1. The average molecular weight is 434 g/mol. The fourth-order valence-corrected chi connectivity index (χ4v) is 4.19. The summed E-state index contributed by atoms with van der Waals surface area (Å²) in [5.41, 5.74) is 7.95. The van der Waals surface area contributed by atoms with Gasteiger partial charge in [0.05, 0.1) is 38.2 Å². The van der Waals surface area contributed by atoms with Crippen LogP contribution in [0.4, 0.5) is 17.3 Å². The summed E-state index contributed by atoms with van der Waals surface area (Å²) in [5.74, 6) is 2.70. The molecular formula is C23H27N7O2. The maximum Gasteiger partial charge on any atom is 0.161 e. The number of rotatable bonds is 5. The zero-order valence-electron chi connectivity index (χ0n) is 18.4. The van der Waals surface area contributed by atoms with Crippen LogP contribution < -0.4 is 15.3 Å². The molecule has 1 fully saturated rings. The van der Waals surface area contributed by atoms with Gasteiger partial charge in [-0.05, 0) is 37.6 Å². The van der Waals surface area contributed by atoms with Gasteiger partial charge in [-0.1, -0.05) is 0 Å². The van der Waals surface area contributed by atoms with Crippen LogP contribution >= 0.6 is 0 Å². The first-order chi connectivity index (χ1) is 15.7.